The number of carbonyl (C=O) groups is 1. The van der Waals surface area contributed by atoms with Gasteiger partial charge in [0.1, 0.15) is 17.9 Å². The van der Waals surface area contributed by atoms with E-state index in [-0.39, 0.29) is 19.0 Å². The maximum Gasteiger partial charge on any atom is 0.192 e. The van der Waals surface area contributed by atoms with Crippen LogP contribution in [-0.2, 0) is 10.3 Å². The molecule has 5 heteroatoms. The number of rotatable bonds is 8. The van der Waals surface area contributed by atoms with Gasteiger partial charge in [-0.1, -0.05) is 60.7 Å². The molecule has 0 saturated carbocycles. The van der Waals surface area contributed by atoms with Gasteiger partial charge < -0.3 is 14.6 Å². The lowest BCUT2D eigenvalue weighted by Gasteiger charge is -2.45. The van der Waals surface area contributed by atoms with Crippen molar-refractivity contribution in [2.24, 2.45) is 0 Å². The highest BCUT2D eigenvalue weighted by Gasteiger charge is 2.47. The largest absolute Gasteiger partial charge is 0.491 e. The van der Waals surface area contributed by atoms with E-state index in [1.807, 2.05) is 60.7 Å². The first-order chi connectivity index (χ1) is 15.3. The predicted molar refractivity (Wildman–Crippen MR) is 119 cm³/mol. The normalized spacial score (nSPS) is 14.9. The minimum absolute atomic E-state index is 0.0144. The Morgan fingerprint density at radius 1 is 0.871 bits per heavy atom. The summed E-state index contributed by atoms with van der Waals surface area (Å²) in [5, 5.41) is 8.98. The van der Waals surface area contributed by atoms with E-state index in [0.717, 1.165) is 11.1 Å². The molecule has 0 aromatic heterocycles. The SMILES string of the molecule is O=C(c1ccc(OCCO)cc1)C(c1ccccc1)(c1ccccc1)N1CCOCC1. The van der Waals surface area contributed by atoms with E-state index >= 15 is 0 Å². The Hall–Kier alpha value is -2.99. The van der Waals surface area contributed by atoms with Gasteiger partial charge in [-0.05, 0) is 35.4 Å². The number of aliphatic hydroxyl groups is 1. The molecule has 0 atom stereocenters. The van der Waals surface area contributed by atoms with Crippen LogP contribution in [0.2, 0.25) is 0 Å². The highest BCUT2D eigenvalue weighted by atomic mass is 16.5. The van der Waals surface area contributed by atoms with Crippen molar-refractivity contribution in [3.8, 4) is 5.75 Å². The topological polar surface area (TPSA) is 59.0 Å². The molecular weight excluding hydrogens is 390 g/mol. The number of Topliss-reactive ketones (excluding diaryl/α,β-unsaturated/α-hetero) is 1. The minimum atomic E-state index is -0.959. The van der Waals surface area contributed by atoms with Gasteiger partial charge >= 0.3 is 0 Å². The van der Waals surface area contributed by atoms with E-state index in [0.29, 0.717) is 37.6 Å². The molecule has 4 rings (SSSR count). The van der Waals surface area contributed by atoms with Gasteiger partial charge in [0.2, 0.25) is 0 Å². The Morgan fingerprint density at radius 2 is 1.42 bits per heavy atom. The van der Waals surface area contributed by atoms with E-state index < -0.39 is 5.54 Å². The molecule has 0 amide bonds. The molecule has 1 heterocycles. The van der Waals surface area contributed by atoms with Gasteiger partial charge in [-0.3, -0.25) is 9.69 Å². The van der Waals surface area contributed by atoms with Crippen molar-refractivity contribution >= 4 is 5.78 Å². The number of morpholine rings is 1. The molecular formula is C26H27NO4. The van der Waals surface area contributed by atoms with Crippen LogP contribution in [0.3, 0.4) is 0 Å². The number of ketones is 1. The van der Waals surface area contributed by atoms with Gasteiger partial charge in [0.05, 0.1) is 19.8 Å². The fraction of sp³-hybridized carbons (Fsp3) is 0.269. The van der Waals surface area contributed by atoms with Crippen molar-refractivity contribution in [1.29, 1.82) is 0 Å². The molecule has 3 aromatic rings. The van der Waals surface area contributed by atoms with Crippen LogP contribution < -0.4 is 4.74 Å². The highest BCUT2D eigenvalue weighted by Crippen LogP contribution is 2.40. The average Bonchev–Trinajstić information content (AvgIpc) is 2.85. The number of ether oxygens (including phenoxy) is 2. The number of aliphatic hydroxyl groups excluding tert-OH is 1. The van der Waals surface area contributed by atoms with Crippen molar-refractivity contribution in [1.82, 2.24) is 4.90 Å². The van der Waals surface area contributed by atoms with Crippen LogP contribution in [0, 0.1) is 0 Å². The predicted octanol–water partition coefficient (Wildman–Crippen LogP) is 3.52. The Morgan fingerprint density at radius 3 is 1.94 bits per heavy atom. The lowest BCUT2D eigenvalue weighted by molar-refractivity contribution is -0.00462. The lowest BCUT2D eigenvalue weighted by atomic mass is 9.75. The summed E-state index contributed by atoms with van der Waals surface area (Å²) in [6, 6.07) is 27.1. The van der Waals surface area contributed by atoms with Crippen molar-refractivity contribution < 1.29 is 19.4 Å². The zero-order valence-electron chi connectivity index (χ0n) is 17.4. The van der Waals surface area contributed by atoms with E-state index in [1.54, 1.807) is 24.3 Å². The third-order valence-corrected chi connectivity index (χ3v) is 5.67. The van der Waals surface area contributed by atoms with Crippen LogP contribution >= 0.6 is 0 Å². The number of carbonyl (C=O) groups excluding carboxylic acids is 1. The zero-order valence-corrected chi connectivity index (χ0v) is 17.4. The standard InChI is InChI=1S/C26H27NO4/c28-17-20-31-24-13-11-21(12-14-24)25(29)26(22-7-3-1-4-8-22,23-9-5-2-6-10-23)27-15-18-30-19-16-27/h1-14,28H,15-20H2. The maximum absolute atomic E-state index is 14.3. The summed E-state index contributed by atoms with van der Waals surface area (Å²) in [6.45, 7) is 2.66. The monoisotopic (exact) mass is 417 g/mol. The molecule has 0 radical (unpaired) electrons. The quantitative estimate of drug-likeness (QED) is 0.569. The molecule has 1 saturated heterocycles. The van der Waals surface area contributed by atoms with Crippen molar-refractivity contribution in [3.63, 3.8) is 0 Å². The number of hydrogen-bond donors (Lipinski definition) is 1. The summed E-state index contributed by atoms with van der Waals surface area (Å²) in [5.74, 6) is 0.641. The summed E-state index contributed by atoms with van der Waals surface area (Å²) in [4.78, 5) is 16.6. The second-order valence-corrected chi connectivity index (χ2v) is 7.47. The summed E-state index contributed by atoms with van der Waals surface area (Å²) in [6.07, 6.45) is 0. The average molecular weight is 418 g/mol. The van der Waals surface area contributed by atoms with Crippen molar-refractivity contribution in [2.75, 3.05) is 39.5 Å². The first kappa shape index (κ1) is 21.2. The second-order valence-electron chi connectivity index (χ2n) is 7.47. The van der Waals surface area contributed by atoms with Crippen LogP contribution in [-0.4, -0.2) is 55.3 Å². The second kappa shape index (κ2) is 9.88. The number of hydrogen-bond acceptors (Lipinski definition) is 5. The summed E-state index contributed by atoms with van der Waals surface area (Å²) < 4.78 is 11.1. The Labute approximate surface area is 182 Å². The minimum Gasteiger partial charge on any atom is -0.491 e. The van der Waals surface area contributed by atoms with Crippen molar-refractivity contribution in [3.05, 3.63) is 102 Å². The Bertz CT molecular complexity index is 928. The van der Waals surface area contributed by atoms with Crippen LogP contribution in [0.4, 0.5) is 0 Å². The van der Waals surface area contributed by atoms with Crippen LogP contribution in [0.1, 0.15) is 21.5 Å². The smallest absolute Gasteiger partial charge is 0.192 e. The third-order valence-electron chi connectivity index (χ3n) is 5.67. The van der Waals surface area contributed by atoms with Crippen LogP contribution in [0.15, 0.2) is 84.9 Å². The molecule has 0 spiro atoms. The van der Waals surface area contributed by atoms with Gasteiger partial charge in [-0.25, -0.2) is 0 Å². The van der Waals surface area contributed by atoms with Crippen LogP contribution in [0.25, 0.3) is 0 Å². The molecule has 1 aliphatic heterocycles. The highest BCUT2D eigenvalue weighted by molar-refractivity contribution is 6.06. The molecule has 0 unspecified atom stereocenters. The van der Waals surface area contributed by atoms with Gasteiger partial charge in [-0.15, -0.1) is 0 Å². The molecule has 0 aliphatic carbocycles. The summed E-state index contributed by atoms with van der Waals surface area (Å²) >= 11 is 0. The maximum atomic E-state index is 14.3. The van der Waals surface area contributed by atoms with Gasteiger partial charge in [-0.2, -0.15) is 0 Å². The van der Waals surface area contributed by atoms with E-state index in [9.17, 15) is 4.79 Å². The summed E-state index contributed by atoms with van der Waals surface area (Å²) in [7, 11) is 0. The Kier molecular flexibility index (Phi) is 6.77. The van der Waals surface area contributed by atoms with Gasteiger partial charge in [0, 0.05) is 18.7 Å². The molecule has 160 valence electrons. The Balaban J connectivity index is 1.85. The lowest BCUT2D eigenvalue weighted by Crippen LogP contribution is -2.56. The number of benzene rings is 3. The fourth-order valence-corrected chi connectivity index (χ4v) is 4.27. The van der Waals surface area contributed by atoms with E-state index in [1.165, 1.54) is 0 Å². The van der Waals surface area contributed by atoms with Gasteiger partial charge in [0.25, 0.3) is 0 Å². The first-order valence-corrected chi connectivity index (χ1v) is 10.6. The van der Waals surface area contributed by atoms with Crippen LogP contribution in [0.5, 0.6) is 5.75 Å². The molecule has 1 aliphatic rings. The number of nitrogens with zero attached hydrogens (tertiary/aromatic N) is 1. The first-order valence-electron chi connectivity index (χ1n) is 10.6. The molecule has 1 fully saturated rings. The zero-order chi connectivity index (χ0) is 21.5. The van der Waals surface area contributed by atoms with E-state index in [4.69, 9.17) is 14.6 Å². The van der Waals surface area contributed by atoms with E-state index in [2.05, 4.69) is 4.90 Å². The molecule has 0 bridgehead atoms. The molecule has 3 aromatic carbocycles. The fourth-order valence-electron chi connectivity index (χ4n) is 4.27. The van der Waals surface area contributed by atoms with Crippen molar-refractivity contribution in [2.45, 2.75) is 5.54 Å². The molecule has 31 heavy (non-hydrogen) atoms. The van der Waals surface area contributed by atoms with Gasteiger partial charge in [0.15, 0.2) is 5.78 Å². The summed E-state index contributed by atoms with van der Waals surface area (Å²) in [5.41, 5.74) is 1.53. The molecule has 5 nitrogen and oxygen atoms in total. The molecule has 1 N–H and O–H groups in total. The third kappa shape index (κ3) is 4.26.